The second kappa shape index (κ2) is 8.27. The molecule has 0 fully saturated rings. The normalized spacial score (nSPS) is 11.2. The lowest BCUT2D eigenvalue weighted by molar-refractivity contribution is -0.137. The summed E-state index contributed by atoms with van der Waals surface area (Å²) in [7, 11) is 1.45. The number of nitrogens with one attached hydrogen (secondary N) is 1. The van der Waals surface area contributed by atoms with Crippen molar-refractivity contribution in [1.82, 2.24) is 4.98 Å². The zero-order valence-electron chi connectivity index (χ0n) is 15.8. The summed E-state index contributed by atoms with van der Waals surface area (Å²) in [6.45, 7) is 2.26. The first-order valence-corrected chi connectivity index (χ1v) is 8.77. The van der Waals surface area contributed by atoms with Crippen molar-refractivity contribution in [2.45, 2.75) is 19.5 Å². The quantitative estimate of drug-likeness (QED) is 0.538. The molecule has 1 heterocycles. The number of rotatable bonds is 6. The Kier molecular flexibility index (Phi) is 5.78. The molecule has 0 aliphatic heterocycles. The highest BCUT2D eigenvalue weighted by atomic mass is 19.4. The topological polar surface area (TPSA) is 67.2 Å². The smallest absolute Gasteiger partial charge is 0.416 e. The van der Waals surface area contributed by atoms with E-state index in [4.69, 9.17) is 14.7 Å². The highest BCUT2D eigenvalue weighted by Gasteiger charge is 2.31. The number of anilines is 1. The highest BCUT2D eigenvalue weighted by Crippen LogP contribution is 2.43. The van der Waals surface area contributed by atoms with Crippen LogP contribution in [0.3, 0.4) is 0 Å². The van der Waals surface area contributed by atoms with Gasteiger partial charge in [0.1, 0.15) is 5.75 Å². The number of fused-ring (bicyclic) bond motifs is 1. The summed E-state index contributed by atoms with van der Waals surface area (Å²) in [6.07, 6.45) is -2.54. The number of hydrogen-bond acceptors (Lipinski definition) is 5. The number of pyridine rings is 1. The molecule has 0 saturated carbocycles. The number of nitriles is 1. The van der Waals surface area contributed by atoms with E-state index >= 15 is 0 Å². The number of halogens is 3. The second-order valence-corrected chi connectivity index (χ2v) is 6.27. The van der Waals surface area contributed by atoms with E-state index in [0.717, 1.165) is 17.7 Å². The monoisotopic (exact) mass is 401 g/mol. The van der Waals surface area contributed by atoms with Crippen molar-refractivity contribution >= 4 is 16.6 Å². The second-order valence-electron chi connectivity index (χ2n) is 6.27. The van der Waals surface area contributed by atoms with Gasteiger partial charge in [-0.1, -0.05) is 6.07 Å². The van der Waals surface area contributed by atoms with Crippen LogP contribution in [-0.2, 0) is 6.18 Å². The van der Waals surface area contributed by atoms with Gasteiger partial charge in [0.2, 0.25) is 0 Å². The van der Waals surface area contributed by atoms with Gasteiger partial charge in [0.25, 0.3) is 0 Å². The van der Waals surface area contributed by atoms with Crippen LogP contribution in [0.4, 0.5) is 18.9 Å². The first kappa shape index (κ1) is 20.3. The fourth-order valence-corrected chi connectivity index (χ4v) is 2.93. The average Bonchev–Trinajstić information content (AvgIpc) is 2.69. The summed E-state index contributed by atoms with van der Waals surface area (Å²) < 4.78 is 50.5. The van der Waals surface area contributed by atoms with Gasteiger partial charge in [0.15, 0.2) is 11.5 Å². The van der Waals surface area contributed by atoms with E-state index in [1.54, 1.807) is 18.3 Å². The van der Waals surface area contributed by atoms with Crippen molar-refractivity contribution in [3.63, 3.8) is 0 Å². The molecule has 3 rings (SSSR count). The van der Waals surface area contributed by atoms with E-state index in [9.17, 15) is 13.2 Å². The van der Waals surface area contributed by atoms with Gasteiger partial charge in [0, 0.05) is 18.8 Å². The van der Waals surface area contributed by atoms with Gasteiger partial charge in [-0.3, -0.25) is 4.98 Å². The molecule has 29 heavy (non-hydrogen) atoms. The van der Waals surface area contributed by atoms with E-state index in [2.05, 4.69) is 16.4 Å². The Morgan fingerprint density at radius 2 is 2.00 bits per heavy atom. The van der Waals surface area contributed by atoms with E-state index in [1.807, 2.05) is 6.92 Å². The average molecular weight is 401 g/mol. The van der Waals surface area contributed by atoms with Crippen LogP contribution in [-0.4, -0.2) is 18.6 Å². The molecule has 0 aliphatic rings. The molecule has 8 heteroatoms. The van der Waals surface area contributed by atoms with Crippen LogP contribution < -0.4 is 14.8 Å². The molecule has 5 nitrogen and oxygen atoms in total. The molecule has 0 radical (unpaired) electrons. The number of ether oxygens (including phenoxy) is 2. The Hall–Kier alpha value is -3.47. The van der Waals surface area contributed by atoms with Crippen LogP contribution >= 0.6 is 0 Å². The summed E-state index contributed by atoms with van der Waals surface area (Å²) in [5, 5.41) is 12.5. The lowest BCUT2D eigenvalue weighted by Gasteiger charge is -2.18. The SMILES string of the molecule is COc1cc(NCCC#N)c2nccc(C)c2c1Oc1cccc(C(F)(F)F)c1. The molecule has 3 aromatic rings. The number of methoxy groups -OCH3 is 1. The predicted molar refractivity (Wildman–Crippen MR) is 103 cm³/mol. The molecule has 150 valence electrons. The zero-order chi connectivity index (χ0) is 21.0. The Labute approximate surface area is 165 Å². The minimum Gasteiger partial charge on any atom is -0.493 e. The van der Waals surface area contributed by atoms with Crippen molar-refractivity contribution in [2.75, 3.05) is 19.0 Å². The van der Waals surface area contributed by atoms with Crippen molar-refractivity contribution in [3.05, 3.63) is 53.7 Å². The molecule has 0 spiro atoms. The summed E-state index contributed by atoms with van der Waals surface area (Å²) in [6, 6.07) is 10.2. The van der Waals surface area contributed by atoms with E-state index in [0.29, 0.717) is 35.3 Å². The third kappa shape index (κ3) is 4.35. The molecular weight excluding hydrogens is 383 g/mol. The largest absolute Gasteiger partial charge is 0.493 e. The summed E-state index contributed by atoms with van der Waals surface area (Å²) in [5.41, 5.74) is 1.24. The van der Waals surface area contributed by atoms with Gasteiger partial charge in [-0.15, -0.1) is 0 Å². The maximum Gasteiger partial charge on any atom is 0.416 e. The highest BCUT2D eigenvalue weighted by molar-refractivity contribution is 5.99. The first-order valence-electron chi connectivity index (χ1n) is 8.77. The van der Waals surface area contributed by atoms with Gasteiger partial charge in [-0.25, -0.2) is 0 Å². The van der Waals surface area contributed by atoms with Crippen LogP contribution in [0.5, 0.6) is 17.2 Å². The number of nitrogens with zero attached hydrogens (tertiary/aromatic N) is 2. The minimum atomic E-state index is -4.47. The number of hydrogen-bond donors (Lipinski definition) is 1. The third-order valence-corrected chi connectivity index (χ3v) is 4.29. The molecule has 0 atom stereocenters. The minimum absolute atomic E-state index is 0.0351. The van der Waals surface area contributed by atoms with Gasteiger partial charge < -0.3 is 14.8 Å². The lowest BCUT2D eigenvalue weighted by atomic mass is 10.1. The molecular formula is C21H18F3N3O2. The maximum absolute atomic E-state index is 13.0. The Morgan fingerprint density at radius 1 is 1.21 bits per heavy atom. The Morgan fingerprint density at radius 3 is 2.69 bits per heavy atom. The summed E-state index contributed by atoms with van der Waals surface area (Å²) >= 11 is 0. The summed E-state index contributed by atoms with van der Waals surface area (Å²) in [4.78, 5) is 4.39. The number of aryl methyl sites for hydroxylation is 1. The maximum atomic E-state index is 13.0. The van der Waals surface area contributed by atoms with Gasteiger partial charge >= 0.3 is 6.18 Å². The predicted octanol–water partition coefficient (Wildman–Crippen LogP) is 5.69. The van der Waals surface area contributed by atoms with Crippen LogP contribution in [0, 0.1) is 18.3 Å². The van der Waals surface area contributed by atoms with Gasteiger partial charge in [-0.2, -0.15) is 18.4 Å². The van der Waals surface area contributed by atoms with E-state index in [1.165, 1.54) is 19.2 Å². The molecule has 0 amide bonds. The Balaban J connectivity index is 2.13. The molecule has 1 aromatic heterocycles. The van der Waals surface area contributed by atoms with E-state index in [-0.39, 0.29) is 11.5 Å². The zero-order valence-corrected chi connectivity index (χ0v) is 15.8. The fraction of sp³-hybridized carbons (Fsp3) is 0.238. The molecule has 0 unspecified atom stereocenters. The van der Waals surface area contributed by atoms with Crippen LogP contribution in [0.25, 0.3) is 10.9 Å². The fourth-order valence-electron chi connectivity index (χ4n) is 2.93. The molecule has 0 bridgehead atoms. The van der Waals surface area contributed by atoms with Crippen molar-refractivity contribution in [3.8, 4) is 23.3 Å². The van der Waals surface area contributed by atoms with Crippen LogP contribution in [0.15, 0.2) is 42.6 Å². The van der Waals surface area contributed by atoms with Crippen molar-refractivity contribution < 1.29 is 22.6 Å². The molecule has 1 N–H and O–H groups in total. The lowest BCUT2D eigenvalue weighted by Crippen LogP contribution is -2.05. The van der Waals surface area contributed by atoms with Crippen LogP contribution in [0.1, 0.15) is 17.5 Å². The van der Waals surface area contributed by atoms with E-state index < -0.39 is 11.7 Å². The molecule has 0 aliphatic carbocycles. The van der Waals surface area contributed by atoms with Crippen molar-refractivity contribution in [1.29, 1.82) is 5.26 Å². The number of aromatic nitrogens is 1. The first-order chi connectivity index (χ1) is 13.8. The third-order valence-electron chi connectivity index (χ3n) is 4.29. The number of alkyl halides is 3. The molecule has 0 saturated heterocycles. The molecule has 2 aromatic carbocycles. The standard InChI is InChI=1S/C21H18F3N3O2/c1-13-7-10-27-19-16(26-9-4-8-25)12-17(28-2)20(18(13)19)29-15-6-3-5-14(11-15)21(22,23)24/h3,5-7,10-12,26H,4,9H2,1-2H3. The van der Waals surface area contributed by atoms with Crippen LogP contribution in [0.2, 0.25) is 0 Å². The Bertz CT molecular complexity index is 1080. The summed E-state index contributed by atoms with van der Waals surface area (Å²) in [5.74, 6) is 0.650. The van der Waals surface area contributed by atoms with Gasteiger partial charge in [-0.05, 0) is 36.8 Å². The van der Waals surface area contributed by atoms with Crippen molar-refractivity contribution in [2.24, 2.45) is 0 Å². The van der Waals surface area contributed by atoms with Gasteiger partial charge in [0.05, 0.1) is 41.8 Å². The number of benzene rings is 2.